The molecule has 0 aliphatic carbocycles. The van der Waals surface area contributed by atoms with Gasteiger partial charge in [0.25, 0.3) is 11.5 Å². The Morgan fingerprint density at radius 1 is 0.979 bits per heavy atom. The fraction of sp³-hybridized carbons (Fsp3) is 0.324. The number of hydrogen-bond acceptors (Lipinski definition) is 7. The highest BCUT2D eigenvalue weighted by molar-refractivity contribution is 6.71. The summed E-state index contributed by atoms with van der Waals surface area (Å²) in [5.41, 5.74) is 0.853. The Hall–Kier alpha value is -4.55. The summed E-state index contributed by atoms with van der Waals surface area (Å²) in [4.78, 5) is 57.1. The smallest absolute Gasteiger partial charge is 0.297 e. The van der Waals surface area contributed by atoms with Gasteiger partial charge in [0.05, 0.1) is 31.9 Å². The first-order valence-electron chi connectivity index (χ1n) is 16.1. The van der Waals surface area contributed by atoms with Crippen molar-refractivity contribution in [2.75, 3.05) is 25.2 Å². The highest BCUT2D eigenvalue weighted by Gasteiger charge is 2.66. The van der Waals surface area contributed by atoms with E-state index in [0.717, 1.165) is 5.56 Å². The third-order valence-electron chi connectivity index (χ3n) is 9.61. The van der Waals surface area contributed by atoms with E-state index in [9.17, 15) is 24.3 Å². The number of methoxy groups -OCH3 is 1. The van der Waals surface area contributed by atoms with Crippen LogP contribution in [0.25, 0.3) is 5.69 Å². The Morgan fingerprint density at radius 3 is 2.31 bits per heavy atom. The van der Waals surface area contributed by atoms with Crippen LogP contribution >= 0.6 is 0 Å². The van der Waals surface area contributed by atoms with E-state index in [1.807, 2.05) is 86.7 Å². The van der Waals surface area contributed by atoms with Gasteiger partial charge in [-0.2, -0.15) is 0 Å². The molecule has 0 bridgehead atoms. The van der Waals surface area contributed by atoms with Gasteiger partial charge in [-0.3, -0.25) is 23.9 Å². The number of benzene rings is 3. The van der Waals surface area contributed by atoms with Crippen molar-refractivity contribution < 1.29 is 29.0 Å². The largest absolute Gasteiger partial charge is 0.491 e. The van der Waals surface area contributed by atoms with Crippen molar-refractivity contribution in [3.8, 4) is 11.4 Å². The zero-order valence-corrected chi connectivity index (χ0v) is 28.6. The van der Waals surface area contributed by atoms with E-state index in [0.29, 0.717) is 29.2 Å². The highest BCUT2D eigenvalue weighted by atomic mass is 28.4. The molecule has 48 heavy (non-hydrogen) atoms. The van der Waals surface area contributed by atoms with Crippen LogP contribution in [0.1, 0.15) is 24.5 Å². The molecule has 2 aliphatic rings. The van der Waals surface area contributed by atoms with Gasteiger partial charge in [-0.1, -0.05) is 55.5 Å². The van der Waals surface area contributed by atoms with Gasteiger partial charge in [0.15, 0.2) is 19.7 Å². The molecule has 2 amide bonds. The minimum absolute atomic E-state index is 0.0798. The predicted octanol–water partition coefficient (Wildman–Crippen LogP) is 4.73. The molecule has 1 aromatic heterocycles. The molecular formula is C37H41N3O7Si. The van der Waals surface area contributed by atoms with E-state index in [-0.39, 0.29) is 42.7 Å². The van der Waals surface area contributed by atoms with E-state index in [4.69, 9.17) is 9.47 Å². The van der Waals surface area contributed by atoms with Gasteiger partial charge in [0, 0.05) is 47.7 Å². The lowest BCUT2D eigenvalue weighted by atomic mass is 9.82. The van der Waals surface area contributed by atoms with E-state index < -0.39 is 31.5 Å². The van der Waals surface area contributed by atoms with Gasteiger partial charge in [0.2, 0.25) is 5.91 Å². The minimum Gasteiger partial charge on any atom is -0.491 e. The van der Waals surface area contributed by atoms with E-state index >= 15 is 0 Å². The Morgan fingerprint density at radius 2 is 1.67 bits per heavy atom. The Kier molecular flexibility index (Phi) is 9.14. The van der Waals surface area contributed by atoms with Crippen molar-refractivity contribution in [1.29, 1.82) is 0 Å². The Bertz CT molecular complexity index is 1860. The molecule has 250 valence electrons. The van der Waals surface area contributed by atoms with Crippen LogP contribution in [0.3, 0.4) is 0 Å². The lowest BCUT2D eigenvalue weighted by molar-refractivity contribution is -0.149. The number of fused-ring (bicyclic) bond motifs is 2. The van der Waals surface area contributed by atoms with Crippen LogP contribution in [0.5, 0.6) is 5.75 Å². The molecule has 6 rings (SSSR count). The van der Waals surface area contributed by atoms with Gasteiger partial charge in [-0.15, -0.1) is 0 Å². The van der Waals surface area contributed by atoms with Crippen molar-refractivity contribution in [3.63, 3.8) is 0 Å². The Balaban J connectivity index is 1.46. The minimum atomic E-state index is -3.08. The maximum Gasteiger partial charge on any atom is 0.297 e. The molecule has 0 unspecified atom stereocenters. The SMILES string of the molecule is COc1cccn(-c2ccc3c(c2)[C@@]2(O[C@H](CC(=O)N(CCO)Cc4ccccc4)[C@@H]([Si](C)(C)O)[C@@H]2C)C(=O)N3c2ccccc2)c1=O. The van der Waals surface area contributed by atoms with Crippen molar-refractivity contribution in [2.45, 2.75) is 50.2 Å². The molecule has 0 saturated carbocycles. The summed E-state index contributed by atoms with van der Waals surface area (Å²) < 4.78 is 13.7. The molecule has 3 aromatic carbocycles. The van der Waals surface area contributed by atoms with Crippen molar-refractivity contribution in [2.24, 2.45) is 5.92 Å². The molecule has 10 nitrogen and oxygen atoms in total. The van der Waals surface area contributed by atoms with Gasteiger partial charge >= 0.3 is 0 Å². The van der Waals surface area contributed by atoms with Gasteiger partial charge in [-0.05, 0) is 61.1 Å². The number of para-hydroxylation sites is 1. The van der Waals surface area contributed by atoms with Crippen molar-refractivity contribution in [3.05, 3.63) is 119 Å². The normalized spacial score (nSPS) is 21.8. The number of hydrogen-bond donors (Lipinski definition) is 2. The third-order valence-corrected chi connectivity index (χ3v) is 12.1. The fourth-order valence-electron chi connectivity index (χ4n) is 7.52. The molecule has 4 atom stereocenters. The molecule has 0 radical (unpaired) electrons. The zero-order valence-electron chi connectivity index (χ0n) is 27.6. The van der Waals surface area contributed by atoms with Crippen LogP contribution in [0, 0.1) is 5.92 Å². The molecule has 4 aromatic rings. The topological polar surface area (TPSA) is 122 Å². The first-order chi connectivity index (χ1) is 23.0. The maximum absolute atomic E-state index is 14.9. The lowest BCUT2D eigenvalue weighted by Gasteiger charge is -2.32. The first kappa shape index (κ1) is 33.4. The first-order valence-corrected chi connectivity index (χ1v) is 19.2. The van der Waals surface area contributed by atoms with Crippen molar-refractivity contribution in [1.82, 2.24) is 9.47 Å². The number of anilines is 2. The summed E-state index contributed by atoms with van der Waals surface area (Å²) in [6, 6.07) is 27.5. The summed E-state index contributed by atoms with van der Waals surface area (Å²) in [5.74, 6) is -0.914. The van der Waals surface area contributed by atoms with E-state index in [1.165, 1.54) is 11.7 Å². The van der Waals surface area contributed by atoms with Crippen LogP contribution < -0.4 is 15.2 Å². The number of amides is 2. The summed E-state index contributed by atoms with van der Waals surface area (Å²) >= 11 is 0. The Labute approximate surface area is 280 Å². The van der Waals surface area contributed by atoms with Crippen LogP contribution in [0.2, 0.25) is 18.6 Å². The predicted molar refractivity (Wildman–Crippen MR) is 185 cm³/mol. The number of aliphatic hydroxyl groups excluding tert-OH is 1. The number of aliphatic hydroxyl groups is 1. The van der Waals surface area contributed by atoms with Crippen LogP contribution in [0.15, 0.2) is 102 Å². The third kappa shape index (κ3) is 5.77. The van der Waals surface area contributed by atoms with Crippen LogP contribution in [-0.2, 0) is 26.5 Å². The van der Waals surface area contributed by atoms with Gasteiger partial charge in [-0.25, -0.2) is 0 Å². The summed E-state index contributed by atoms with van der Waals surface area (Å²) in [6.45, 7) is 5.76. The van der Waals surface area contributed by atoms with Crippen LogP contribution in [-0.4, -0.2) is 65.9 Å². The second-order valence-electron chi connectivity index (χ2n) is 13.0. The quantitative estimate of drug-likeness (QED) is 0.235. The number of carbonyl (C=O) groups is 2. The highest BCUT2D eigenvalue weighted by Crippen LogP contribution is 2.61. The average Bonchev–Trinajstić information content (AvgIpc) is 3.51. The second-order valence-corrected chi connectivity index (χ2v) is 17.0. The zero-order chi connectivity index (χ0) is 34.2. The van der Waals surface area contributed by atoms with Crippen molar-refractivity contribution >= 4 is 31.5 Å². The van der Waals surface area contributed by atoms with E-state index in [2.05, 4.69) is 0 Å². The number of nitrogens with zero attached hydrogens (tertiary/aromatic N) is 3. The molecule has 1 spiro atoms. The monoisotopic (exact) mass is 667 g/mol. The number of rotatable bonds is 10. The number of pyridine rings is 1. The van der Waals surface area contributed by atoms with E-state index in [1.54, 1.807) is 40.3 Å². The summed E-state index contributed by atoms with van der Waals surface area (Å²) in [7, 11) is -1.64. The molecule has 3 heterocycles. The maximum atomic E-state index is 14.9. The molecule has 2 N–H and O–H groups in total. The van der Waals surface area contributed by atoms with Gasteiger partial charge < -0.3 is 24.3 Å². The number of aromatic nitrogens is 1. The summed E-state index contributed by atoms with van der Waals surface area (Å²) in [6.07, 6.45) is 0.774. The lowest BCUT2D eigenvalue weighted by Crippen LogP contribution is -2.45. The number of carbonyl (C=O) groups excluding carboxylic acids is 2. The van der Waals surface area contributed by atoms with Gasteiger partial charge in [0.1, 0.15) is 0 Å². The molecule has 2 aliphatic heterocycles. The molecule has 1 saturated heterocycles. The number of ether oxygens (including phenoxy) is 2. The molecule has 11 heteroatoms. The molecular weight excluding hydrogens is 627 g/mol. The average molecular weight is 668 g/mol. The fourth-order valence-corrected chi connectivity index (χ4v) is 10.1. The summed E-state index contributed by atoms with van der Waals surface area (Å²) in [5, 5.41) is 9.83. The van der Waals surface area contributed by atoms with Crippen LogP contribution in [0.4, 0.5) is 11.4 Å². The molecule has 1 fully saturated rings. The second kappa shape index (κ2) is 13.2. The standard InChI is InChI=1S/C37H41N3O7Si/c1-25-34(48(3,4)45)32(23-33(42)38(20-21-41)24-26-12-7-5-8-13-26)47-37(25)29-22-28(39-19-11-16-31(46-2)35(39)43)17-18-30(29)40(36(37)44)27-14-9-6-10-15-27/h5-19,22,25,32,34,41,45H,20-21,23-24H2,1-4H3/t25-,32+,34-,37+/m0/s1.